The summed E-state index contributed by atoms with van der Waals surface area (Å²) >= 11 is 0. The van der Waals surface area contributed by atoms with Crippen LogP contribution < -0.4 is 15.4 Å². The number of amides is 1. The molecule has 1 aromatic rings. The first-order valence-electron chi connectivity index (χ1n) is 7.44. The van der Waals surface area contributed by atoms with E-state index in [2.05, 4.69) is 17.6 Å². The van der Waals surface area contributed by atoms with Crippen LogP contribution in [0.1, 0.15) is 44.7 Å². The van der Waals surface area contributed by atoms with Gasteiger partial charge in [0.05, 0.1) is 6.61 Å². The lowest BCUT2D eigenvalue weighted by atomic mass is 10.1. The molecular weight excluding hydrogens is 271 g/mol. The summed E-state index contributed by atoms with van der Waals surface area (Å²) in [7, 11) is 1.61. The number of ether oxygens (including phenoxy) is 1. The van der Waals surface area contributed by atoms with Gasteiger partial charge in [-0.05, 0) is 44.5 Å². The zero-order valence-corrected chi connectivity index (χ0v) is 13.0. The van der Waals surface area contributed by atoms with Crippen LogP contribution in [0.25, 0.3) is 0 Å². The number of hydrogen-bond donors (Lipinski definition) is 2. The van der Waals surface area contributed by atoms with Crippen molar-refractivity contribution < 1.29 is 13.9 Å². The minimum absolute atomic E-state index is 0.00379. The van der Waals surface area contributed by atoms with E-state index in [0.717, 1.165) is 18.5 Å². The highest BCUT2D eigenvalue weighted by Crippen LogP contribution is 2.26. The SMILES string of the molecule is CCCNC(C)c1cc(F)ccc1OCCCC(=O)NC. The molecule has 1 atom stereocenters. The lowest BCUT2D eigenvalue weighted by molar-refractivity contribution is -0.120. The second-order valence-electron chi connectivity index (χ2n) is 4.98. The van der Waals surface area contributed by atoms with Crippen molar-refractivity contribution in [1.29, 1.82) is 0 Å². The Morgan fingerprint density at radius 2 is 2.19 bits per heavy atom. The minimum atomic E-state index is -0.271. The highest BCUT2D eigenvalue weighted by atomic mass is 19.1. The quantitative estimate of drug-likeness (QED) is 0.689. The van der Waals surface area contributed by atoms with Gasteiger partial charge >= 0.3 is 0 Å². The Balaban J connectivity index is 2.61. The third-order valence-electron chi connectivity index (χ3n) is 3.22. The smallest absolute Gasteiger partial charge is 0.219 e. The first kappa shape index (κ1) is 17.4. The summed E-state index contributed by atoms with van der Waals surface area (Å²) in [6.45, 7) is 5.38. The monoisotopic (exact) mass is 296 g/mol. The normalized spacial score (nSPS) is 12.0. The van der Waals surface area contributed by atoms with Crippen LogP contribution in [0.3, 0.4) is 0 Å². The highest BCUT2D eigenvalue weighted by molar-refractivity contribution is 5.75. The van der Waals surface area contributed by atoms with Gasteiger partial charge in [-0.15, -0.1) is 0 Å². The molecule has 118 valence electrons. The summed E-state index contributed by atoms with van der Waals surface area (Å²) in [4.78, 5) is 11.1. The number of rotatable bonds is 9. The topological polar surface area (TPSA) is 50.4 Å². The summed E-state index contributed by atoms with van der Waals surface area (Å²) in [6, 6.07) is 4.56. The van der Waals surface area contributed by atoms with Gasteiger partial charge in [0, 0.05) is 25.1 Å². The van der Waals surface area contributed by atoms with Gasteiger partial charge in [0.15, 0.2) is 0 Å². The summed E-state index contributed by atoms with van der Waals surface area (Å²) in [5.74, 6) is 0.396. The first-order chi connectivity index (χ1) is 10.1. The maximum Gasteiger partial charge on any atom is 0.219 e. The fourth-order valence-electron chi connectivity index (χ4n) is 2.00. The molecule has 0 spiro atoms. The molecule has 1 rings (SSSR count). The third kappa shape index (κ3) is 6.12. The molecule has 2 N–H and O–H groups in total. The van der Waals surface area contributed by atoms with Crippen molar-refractivity contribution in [3.05, 3.63) is 29.6 Å². The molecule has 0 fully saturated rings. The predicted molar refractivity (Wildman–Crippen MR) is 81.9 cm³/mol. The predicted octanol–water partition coefficient (Wildman–Crippen LogP) is 2.79. The van der Waals surface area contributed by atoms with Crippen LogP contribution >= 0.6 is 0 Å². The molecule has 0 aliphatic heterocycles. The van der Waals surface area contributed by atoms with Crippen LogP contribution in [0.15, 0.2) is 18.2 Å². The Hall–Kier alpha value is -1.62. The summed E-state index contributed by atoms with van der Waals surface area (Å²) in [6.07, 6.45) is 2.08. The Kier molecular flexibility index (Phi) is 7.75. The molecule has 0 radical (unpaired) electrons. The molecule has 0 aliphatic rings. The van der Waals surface area contributed by atoms with Gasteiger partial charge in [0.2, 0.25) is 5.91 Å². The molecule has 0 saturated carbocycles. The van der Waals surface area contributed by atoms with E-state index >= 15 is 0 Å². The van der Waals surface area contributed by atoms with Crippen LogP contribution in [0.4, 0.5) is 4.39 Å². The molecule has 0 heterocycles. The van der Waals surface area contributed by atoms with E-state index in [1.807, 2.05) is 6.92 Å². The minimum Gasteiger partial charge on any atom is -0.493 e. The zero-order chi connectivity index (χ0) is 15.7. The number of benzene rings is 1. The average molecular weight is 296 g/mol. The van der Waals surface area contributed by atoms with E-state index in [4.69, 9.17) is 4.74 Å². The summed E-state index contributed by atoms with van der Waals surface area (Å²) in [5, 5.41) is 5.89. The number of nitrogens with one attached hydrogen (secondary N) is 2. The van der Waals surface area contributed by atoms with Crippen molar-refractivity contribution in [3.63, 3.8) is 0 Å². The van der Waals surface area contributed by atoms with Gasteiger partial charge in [-0.1, -0.05) is 6.92 Å². The van der Waals surface area contributed by atoms with E-state index in [-0.39, 0.29) is 17.8 Å². The second-order valence-corrected chi connectivity index (χ2v) is 4.98. The molecule has 21 heavy (non-hydrogen) atoms. The first-order valence-corrected chi connectivity index (χ1v) is 7.44. The largest absolute Gasteiger partial charge is 0.493 e. The molecule has 1 aromatic carbocycles. The molecule has 1 unspecified atom stereocenters. The number of carbonyl (C=O) groups excluding carboxylic acids is 1. The Bertz CT molecular complexity index is 452. The average Bonchev–Trinajstić information content (AvgIpc) is 2.49. The van der Waals surface area contributed by atoms with Crippen LogP contribution in [-0.2, 0) is 4.79 Å². The third-order valence-corrected chi connectivity index (χ3v) is 3.22. The fourth-order valence-corrected chi connectivity index (χ4v) is 2.00. The lowest BCUT2D eigenvalue weighted by Crippen LogP contribution is -2.20. The van der Waals surface area contributed by atoms with E-state index in [9.17, 15) is 9.18 Å². The molecular formula is C16H25FN2O2. The zero-order valence-electron chi connectivity index (χ0n) is 13.0. The molecule has 0 aliphatic carbocycles. The van der Waals surface area contributed by atoms with Crippen LogP contribution in [0.5, 0.6) is 5.75 Å². The van der Waals surface area contributed by atoms with Crippen molar-refractivity contribution in [2.75, 3.05) is 20.2 Å². The maximum absolute atomic E-state index is 13.4. The number of hydrogen-bond acceptors (Lipinski definition) is 3. The van der Waals surface area contributed by atoms with Gasteiger partial charge in [-0.25, -0.2) is 4.39 Å². The molecule has 0 bridgehead atoms. The van der Waals surface area contributed by atoms with Gasteiger partial charge < -0.3 is 15.4 Å². The molecule has 0 aromatic heterocycles. The fraction of sp³-hybridized carbons (Fsp3) is 0.562. The van der Waals surface area contributed by atoms with Gasteiger partial charge in [-0.2, -0.15) is 0 Å². The molecule has 5 heteroatoms. The van der Waals surface area contributed by atoms with E-state index in [1.54, 1.807) is 13.1 Å². The highest BCUT2D eigenvalue weighted by Gasteiger charge is 2.12. The molecule has 0 saturated heterocycles. The lowest BCUT2D eigenvalue weighted by Gasteiger charge is -2.18. The second kappa shape index (κ2) is 9.34. The standard InChI is InChI=1S/C16H25FN2O2/c1-4-9-19-12(2)14-11-13(17)7-8-15(14)21-10-5-6-16(20)18-3/h7-8,11-12,19H,4-6,9-10H2,1-3H3,(H,18,20). The van der Waals surface area contributed by atoms with Crippen LogP contribution in [0.2, 0.25) is 0 Å². The van der Waals surface area contributed by atoms with Gasteiger partial charge in [-0.3, -0.25) is 4.79 Å². The van der Waals surface area contributed by atoms with Crippen molar-refractivity contribution in [2.45, 2.75) is 39.2 Å². The Morgan fingerprint density at radius 1 is 1.43 bits per heavy atom. The molecule has 4 nitrogen and oxygen atoms in total. The van der Waals surface area contributed by atoms with Crippen molar-refractivity contribution >= 4 is 5.91 Å². The number of carbonyl (C=O) groups is 1. The van der Waals surface area contributed by atoms with Crippen molar-refractivity contribution in [3.8, 4) is 5.75 Å². The van der Waals surface area contributed by atoms with Crippen LogP contribution in [0, 0.1) is 5.82 Å². The maximum atomic E-state index is 13.4. The summed E-state index contributed by atoms with van der Waals surface area (Å²) < 4.78 is 19.1. The van der Waals surface area contributed by atoms with Gasteiger partial charge in [0.25, 0.3) is 0 Å². The van der Waals surface area contributed by atoms with Crippen molar-refractivity contribution in [1.82, 2.24) is 10.6 Å². The van der Waals surface area contributed by atoms with E-state index < -0.39 is 0 Å². The van der Waals surface area contributed by atoms with E-state index in [0.29, 0.717) is 25.2 Å². The van der Waals surface area contributed by atoms with E-state index in [1.165, 1.54) is 12.1 Å². The van der Waals surface area contributed by atoms with Crippen molar-refractivity contribution in [2.24, 2.45) is 0 Å². The van der Waals surface area contributed by atoms with Crippen LogP contribution in [-0.4, -0.2) is 26.1 Å². The Labute approximate surface area is 126 Å². The van der Waals surface area contributed by atoms with Gasteiger partial charge in [0.1, 0.15) is 11.6 Å². The summed E-state index contributed by atoms with van der Waals surface area (Å²) in [5.41, 5.74) is 0.809. The number of halogens is 1. The molecule has 1 amide bonds. The Morgan fingerprint density at radius 3 is 2.86 bits per heavy atom.